The van der Waals surface area contributed by atoms with Crippen LogP contribution in [0.2, 0.25) is 0 Å². The Morgan fingerprint density at radius 2 is 1.72 bits per heavy atom. The van der Waals surface area contributed by atoms with E-state index in [1.165, 1.54) is 29.8 Å². The van der Waals surface area contributed by atoms with E-state index in [0.717, 1.165) is 75.1 Å². The molecular formula is C33H44FN5O4. The summed E-state index contributed by atoms with van der Waals surface area (Å²) in [6.45, 7) is 6.78. The number of aromatic nitrogens is 2. The lowest BCUT2D eigenvalue weighted by atomic mass is 9.85. The van der Waals surface area contributed by atoms with Crippen molar-refractivity contribution in [3.05, 3.63) is 59.4 Å². The topological polar surface area (TPSA) is 117 Å². The third kappa shape index (κ3) is 8.86. The van der Waals surface area contributed by atoms with Gasteiger partial charge in [-0.1, -0.05) is 6.07 Å². The van der Waals surface area contributed by atoms with Gasteiger partial charge in [0, 0.05) is 43.6 Å². The van der Waals surface area contributed by atoms with Crippen LogP contribution in [0.5, 0.6) is 0 Å². The van der Waals surface area contributed by atoms with Gasteiger partial charge in [0.05, 0.1) is 11.0 Å². The van der Waals surface area contributed by atoms with Gasteiger partial charge in [0.2, 0.25) is 11.9 Å². The van der Waals surface area contributed by atoms with E-state index >= 15 is 0 Å². The molecule has 10 heteroatoms. The van der Waals surface area contributed by atoms with E-state index in [1.54, 1.807) is 0 Å². The van der Waals surface area contributed by atoms with E-state index in [0.29, 0.717) is 23.8 Å². The third-order valence-corrected chi connectivity index (χ3v) is 8.42. The molecule has 1 amide bonds. The number of aliphatic carboxylic acids is 1. The molecule has 2 fully saturated rings. The largest absolute Gasteiger partial charge is 0.481 e. The minimum absolute atomic E-state index is 0.103. The number of nitrogens with one attached hydrogen (secondary N) is 2. The summed E-state index contributed by atoms with van der Waals surface area (Å²) >= 11 is 0. The van der Waals surface area contributed by atoms with E-state index in [-0.39, 0.29) is 30.1 Å². The van der Waals surface area contributed by atoms with Gasteiger partial charge in [-0.2, -0.15) is 0 Å². The molecule has 5 rings (SSSR count). The van der Waals surface area contributed by atoms with Crippen LogP contribution in [-0.2, 0) is 16.1 Å². The zero-order chi connectivity index (χ0) is 30.9. The zero-order valence-electron chi connectivity index (χ0n) is 25.4. The standard InChI is InChI=1S/C26H39N5O3.C7H5FO/c1-17(2)28-25(34)20-5-7-21(8-6-20)31-23-14-19(4-9-22(23)29-26(31)27-3)16-30-12-10-18(11-13-30)15-24(32)33;8-7-3-1-6(5-9)2-4-7/h4,9,14,17-18,20-21H,5-8,10-13,15-16H2,1-3H3,(H,27,29)(H,28,34)(H,32,33);1-5H. The number of amides is 1. The molecular weight excluding hydrogens is 549 g/mol. The lowest BCUT2D eigenvalue weighted by Gasteiger charge is -2.31. The Morgan fingerprint density at radius 3 is 2.30 bits per heavy atom. The Labute approximate surface area is 252 Å². The van der Waals surface area contributed by atoms with Crippen molar-refractivity contribution in [3.8, 4) is 0 Å². The number of benzene rings is 2. The maximum Gasteiger partial charge on any atom is 0.303 e. The number of anilines is 1. The summed E-state index contributed by atoms with van der Waals surface area (Å²) in [6.07, 6.45) is 6.60. The van der Waals surface area contributed by atoms with E-state index in [2.05, 4.69) is 38.3 Å². The summed E-state index contributed by atoms with van der Waals surface area (Å²) in [5, 5.41) is 15.4. The van der Waals surface area contributed by atoms with Gasteiger partial charge in [0.1, 0.15) is 12.1 Å². The maximum absolute atomic E-state index is 12.5. The first kappa shape index (κ1) is 32.1. The molecule has 3 N–H and O–H groups in total. The molecule has 0 radical (unpaired) electrons. The Morgan fingerprint density at radius 1 is 1.05 bits per heavy atom. The number of carbonyl (C=O) groups is 3. The molecule has 0 unspecified atom stereocenters. The summed E-state index contributed by atoms with van der Waals surface area (Å²) < 4.78 is 14.4. The molecule has 1 saturated carbocycles. The lowest BCUT2D eigenvalue weighted by Crippen LogP contribution is -2.37. The molecule has 0 bridgehead atoms. The summed E-state index contributed by atoms with van der Waals surface area (Å²) in [6, 6.07) is 12.4. The number of fused-ring (bicyclic) bond motifs is 1. The number of hydrogen-bond donors (Lipinski definition) is 3. The van der Waals surface area contributed by atoms with Gasteiger partial charge >= 0.3 is 5.97 Å². The smallest absolute Gasteiger partial charge is 0.303 e. The first-order valence-electron chi connectivity index (χ1n) is 15.3. The maximum atomic E-state index is 12.5. The second kappa shape index (κ2) is 15.1. The van der Waals surface area contributed by atoms with Gasteiger partial charge in [-0.3, -0.25) is 19.3 Å². The molecule has 0 atom stereocenters. The molecule has 1 aromatic heterocycles. The van der Waals surface area contributed by atoms with E-state index < -0.39 is 5.97 Å². The number of nitrogens with zero attached hydrogens (tertiary/aromatic N) is 3. The van der Waals surface area contributed by atoms with Crippen LogP contribution in [-0.4, -0.2) is 63.9 Å². The highest BCUT2D eigenvalue weighted by atomic mass is 19.1. The molecule has 2 aromatic carbocycles. The van der Waals surface area contributed by atoms with Crippen molar-refractivity contribution in [2.75, 3.05) is 25.5 Å². The monoisotopic (exact) mass is 593 g/mol. The van der Waals surface area contributed by atoms with Crippen LogP contribution in [0.1, 0.15) is 80.8 Å². The van der Waals surface area contributed by atoms with Crippen molar-refractivity contribution < 1.29 is 23.9 Å². The number of imidazole rings is 1. The van der Waals surface area contributed by atoms with Crippen molar-refractivity contribution in [2.24, 2.45) is 11.8 Å². The fourth-order valence-corrected chi connectivity index (χ4v) is 6.18. The first-order chi connectivity index (χ1) is 20.7. The minimum Gasteiger partial charge on any atom is -0.481 e. The molecule has 3 aromatic rings. The molecule has 1 aliphatic carbocycles. The number of hydrogen-bond acceptors (Lipinski definition) is 6. The number of carbonyl (C=O) groups excluding carboxylic acids is 2. The molecule has 1 aliphatic heterocycles. The summed E-state index contributed by atoms with van der Waals surface area (Å²) in [4.78, 5) is 40.7. The average Bonchev–Trinajstić information content (AvgIpc) is 3.36. The van der Waals surface area contributed by atoms with Gasteiger partial charge < -0.3 is 20.3 Å². The number of halogens is 1. The van der Waals surface area contributed by atoms with Crippen molar-refractivity contribution in [1.29, 1.82) is 0 Å². The predicted molar refractivity (Wildman–Crippen MR) is 166 cm³/mol. The van der Waals surface area contributed by atoms with Crippen LogP contribution < -0.4 is 10.6 Å². The van der Waals surface area contributed by atoms with E-state index in [1.807, 2.05) is 20.9 Å². The van der Waals surface area contributed by atoms with Gasteiger partial charge in [-0.25, -0.2) is 9.37 Å². The molecule has 43 heavy (non-hydrogen) atoms. The average molecular weight is 594 g/mol. The summed E-state index contributed by atoms with van der Waals surface area (Å²) in [5.41, 5.74) is 3.90. The number of rotatable bonds is 9. The predicted octanol–water partition coefficient (Wildman–Crippen LogP) is 5.66. The highest BCUT2D eigenvalue weighted by molar-refractivity contribution is 5.80. The van der Waals surface area contributed by atoms with E-state index in [4.69, 9.17) is 10.1 Å². The van der Waals surface area contributed by atoms with Crippen molar-refractivity contribution in [1.82, 2.24) is 19.8 Å². The lowest BCUT2D eigenvalue weighted by molar-refractivity contribution is -0.138. The Balaban J connectivity index is 0.000000403. The normalized spacial score (nSPS) is 19.5. The highest BCUT2D eigenvalue weighted by Crippen LogP contribution is 2.37. The van der Waals surface area contributed by atoms with Crippen LogP contribution >= 0.6 is 0 Å². The van der Waals surface area contributed by atoms with Crippen LogP contribution in [0.4, 0.5) is 10.3 Å². The SMILES string of the molecule is CNc1nc2ccc(CN3CCC(CC(=O)O)CC3)cc2n1C1CCC(C(=O)NC(C)C)CC1.O=Cc1ccc(F)cc1. The molecule has 9 nitrogen and oxygen atoms in total. The Kier molecular flexibility index (Phi) is 11.3. The van der Waals surface area contributed by atoms with Crippen molar-refractivity contribution >= 4 is 35.1 Å². The molecule has 0 spiro atoms. The minimum atomic E-state index is -0.688. The van der Waals surface area contributed by atoms with Crippen molar-refractivity contribution in [2.45, 2.75) is 77.4 Å². The van der Waals surface area contributed by atoms with Gasteiger partial charge in [-0.05, 0) is 113 Å². The summed E-state index contributed by atoms with van der Waals surface area (Å²) in [7, 11) is 1.92. The van der Waals surface area contributed by atoms with Crippen LogP contribution in [0, 0.1) is 17.7 Å². The molecule has 232 valence electrons. The number of aldehydes is 1. The Bertz CT molecular complexity index is 1370. The van der Waals surface area contributed by atoms with Gasteiger partial charge in [-0.15, -0.1) is 0 Å². The Hall–Kier alpha value is -3.79. The van der Waals surface area contributed by atoms with Crippen LogP contribution in [0.15, 0.2) is 42.5 Å². The number of carboxylic acids is 1. The van der Waals surface area contributed by atoms with Gasteiger partial charge in [0.15, 0.2) is 0 Å². The molecule has 2 aliphatic rings. The van der Waals surface area contributed by atoms with Crippen molar-refractivity contribution in [3.63, 3.8) is 0 Å². The van der Waals surface area contributed by atoms with Gasteiger partial charge in [0.25, 0.3) is 0 Å². The third-order valence-electron chi connectivity index (χ3n) is 8.42. The first-order valence-corrected chi connectivity index (χ1v) is 15.3. The quantitative estimate of drug-likeness (QED) is 0.274. The molecule has 1 saturated heterocycles. The fraction of sp³-hybridized carbons (Fsp3) is 0.515. The fourth-order valence-electron chi connectivity index (χ4n) is 6.18. The number of piperidine rings is 1. The second-order valence-corrected chi connectivity index (χ2v) is 12.0. The van der Waals surface area contributed by atoms with Crippen LogP contribution in [0.25, 0.3) is 11.0 Å². The zero-order valence-corrected chi connectivity index (χ0v) is 25.4. The number of likely N-dealkylation sites (tertiary alicyclic amines) is 1. The highest BCUT2D eigenvalue weighted by Gasteiger charge is 2.29. The van der Waals surface area contributed by atoms with E-state index in [9.17, 15) is 18.8 Å². The summed E-state index contributed by atoms with van der Waals surface area (Å²) in [5.74, 6) is 0.469. The van der Waals surface area contributed by atoms with Crippen LogP contribution in [0.3, 0.4) is 0 Å². The number of carboxylic acid groups (broad SMARTS) is 1. The molecule has 2 heterocycles. The second-order valence-electron chi connectivity index (χ2n) is 12.0.